The standard InChI is InChI=1S/C84H118ClN7O15/c1-62-44-46-64(47-45-62)84(63-33-21-20-22-34-63,70-39-29-30-40-71(70)85)92-91-79(98)72(90-81(100)105-59-69-67-37-27-25-35-65(67)66-36-26-28-38-68(66)69)41-31-32-50-86-76(95)60-103-57-56-102-54-52-88-77(96)61-104-58-55-101-53-51-87-74(93)49-48-73(80(99)107-83(5,6)7)89-75(94)42-23-18-16-14-12-10-8-9-11-13-15-17-19-24-43-78(97)106-82(2,3)4/h20-22,25-30,33-40,44-47,69,72-73,92H,8-19,23-24,31-32,41-43,48-61H2,1-7H3,(H,86,95)(H,87,93)(H,88,96)(H,89,94)(H,90,100)(H,91,98)/t72-,73-,84?/m0/s1. The quantitative estimate of drug-likeness (QED) is 0.00626. The molecule has 1 aliphatic rings. The van der Waals surface area contributed by atoms with Crippen LogP contribution in [0.25, 0.3) is 11.1 Å². The van der Waals surface area contributed by atoms with Crippen LogP contribution in [0.4, 0.5) is 4.79 Å². The highest BCUT2D eigenvalue weighted by Gasteiger charge is 2.40. The summed E-state index contributed by atoms with van der Waals surface area (Å²) in [5, 5.41) is 14.5. The van der Waals surface area contributed by atoms with Gasteiger partial charge in [0.15, 0.2) is 0 Å². The molecule has 5 aromatic carbocycles. The number of nitrogens with one attached hydrogen (secondary N) is 7. The van der Waals surface area contributed by atoms with Crippen molar-refractivity contribution in [3.05, 3.63) is 166 Å². The molecule has 0 heterocycles. The Hall–Kier alpha value is -8.25. The third-order valence-corrected chi connectivity index (χ3v) is 18.4. The average Bonchev–Trinajstić information content (AvgIpc) is 1.67. The van der Waals surface area contributed by atoms with E-state index in [9.17, 15) is 38.4 Å². The number of hydrazine groups is 1. The van der Waals surface area contributed by atoms with Gasteiger partial charge in [0.25, 0.3) is 5.91 Å². The molecule has 586 valence electrons. The molecule has 6 rings (SSSR count). The van der Waals surface area contributed by atoms with Gasteiger partial charge in [-0.05, 0) is 126 Å². The average molecular weight is 1500 g/mol. The van der Waals surface area contributed by atoms with Gasteiger partial charge >= 0.3 is 18.0 Å². The summed E-state index contributed by atoms with van der Waals surface area (Å²) in [5.41, 5.74) is 11.6. The number of rotatable bonds is 52. The molecule has 0 saturated heterocycles. The lowest BCUT2D eigenvalue weighted by Crippen LogP contribution is -2.58. The molecule has 0 aromatic heterocycles. The zero-order valence-corrected chi connectivity index (χ0v) is 64.9. The molecule has 0 fully saturated rings. The normalized spacial score (nSPS) is 13.0. The molecule has 6 amide bonds. The van der Waals surface area contributed by atoms with Gasteiger partial charge in [0.2, 0.25) is 23.6 Å². The van der Waals surface area contributed by atoms with E-state index in [0.717, 1.165) is 77.5 Å². The molecule has 0 radical (unpaired) electrons. The van der Waals surface area contributed by atoms with E-state index in [1.54, 1.807) is 26.8 Å². The number of hydrogen-bond acceptors (Lipinski definition) is 16. The number of benzene rings is 5. The molecule has 3 atom stereocenters. The van der Waals surface area contributed by atoms with Gasteiger partial charge in [0.05, 0.1) is 39.6 Å². The second-order valence-corrected chi connectivity index (χ2v) is 29.6. The molecular formula is C84H118ClN7O15. The Bertz CT molecular complexity index is 3470. The molecule has 23 heteroatoms. The molecule has 107 heavy (non-hydrogen) atoms. The molecule has 1 aliphatic carbocycles. The number of alkyl carbamates (subject to hydrolysis) is 1. The topological polar surface area (TPSA) is 285 Å². The SMILES string of the molecule is Cc1ccc(C(NNC(=O)[C@H](CCCCNC(=O)COCCOCCNC(=O)COCCOCCNC(=O)CC[C@H](NC(=O)CCCCCCCCCCCCCCCCC(=O)OC(C)(C)C)C(=O)OC(C)(C)C)NC(=O)OCC2c3ccccc3-c3ccccc32)(c2ccccc2)c2ccccc2Cl)cc1. The van der Waals surface area contributed by atoms with Gasteiger partial charge in [-0.1, -0.05) is 216 Å². The fourth-order valence-electron chi connectivity index (χ4n) is 12.7. The summed E-state index contributed by atoms with van der Waals surface area (Å²) < 4.78 is 38.9. The number of hydrogen-bond donors (Lipinski definition) is 7. The van der Waals surface area contributed by atoms with Gasteiger partial charge in [-0.3, -0.25) is 34.2 Å². The van der Waals surface area contributed by atoms with Crippen molar-refractivity contribution in [2.45, 2.75) is 218 Å². The summed E-state index contributed by atoms with van der Waals surface area (Å²) in [6, 6.07) is 39.2. The summed E-state index contributed by atoms with van der Waals surface area (Å²) in [4.78, 5) is 104. The van der Waals surface area contributed by atoms with Crippen LogP contribution in [-0.2, 0) is 72.3 Å². The lowest BCUT2D eigenvalue weighted by atomic mass is 9.77. The van der Waals surface area contributed by atoms with Crippen LogP contribution in [0.3, 0.4) is 0 Å². The van der Waals surface area contributed by atoms with Crippen molar-refractivity contribution < 1.29 is 71.5 Å². The fraction of sp³-hybridized carbons (Fsp3) is 0.548. The summed E-state index contributed by atoms with van der Waals surface area (Å²) in [7, 11) is 0. The fourth-order valence-corrected chi connectivity index (χ4v) is 12.9. The van der Waals surface area contributed by atoms with E-state index in [0.29, 0.717) is 36.3 Å². The molecule has 0 bridgehead atoms. The van der Waals surface area contributed by atoms with E-state index in [1.807, 2.05) is 137 Å². The van der Waals surface area contributed by atoms with Crippen LogP contribution in [0.5, 0.6) is 0 Å². The summed E-state index contributed by atoms with van der Waals surface area (Å²) in [6.07, 6.45) is 16.7. The van der Waals surface area contributed by atoms with Crippen LogP contribution in [0.1, 0.15) is 216 Å². The van der Waals surface area contributed by atoms with Crippen molar-refractivity contribution >= 4 is 59.2 Å². The number of amides is 6. The highest BCUT2D eigenvalue weighted by molar-refractivity contribution is 6.31. The molecule has 1 unspecified atom stereocenters. The smallest absolute Gasteiger partial charge is 0.407 e. The zero-order chi connectivity index (χ0) is 77.1. The Labute approximate surface area is 639 Å². The van der Waals surface area contributed by atoms with Crippen molar-refractivity contribution in [2.75, 3.05) is 79.1 Å². The monoisotopic (exact) mass is 1500 g/mol. The molecule has 0 aliphatic heterocycles. The van der Waals surface area contributed by atoms with E-state index in [1.165, 1.54) is 44.9 Å². The van der Waals surface area contributed by atoms with E-state index < -0.39 is 46.8 Å². The van der Waals surface area contributed by atoms with Crippen LogP contribution in [0.15, 0.2) is 127 Å². The van der Waals surface area contributed by atoms with E-state index in [2.05, 4.69) is 49.6 Å². The van der Waals surface area contributed by atoms with Gasteiger partial charge in [-0.15, -0.1) is 0 Å². The molecule has 7 N–H and O–H groups in total. The third kappa shape index (κ3) is 33.4. The number of ether oxygens (including phenoxy) is 7. The Kier molecular flexibility index (Phi) is 39.5. The van der Waals surface area contributed by atoms with Crippen molar-refractivity contribution in [1.29, 1.82) is 0 Å². The molecular weight excluding hydrogens is 1380 g/mol. The van der Waals surface area contributed by atoms with Gasteiger partial charge in [-0.2, -0.15) is 0 Å². The number of esters is 2. The molecule has 22 nitrogen and oxygen atoms in total. The predicted octanol–water partition coefficient (Wildman–Crippen LogP) is 13.2. The zero-order valence-electron chi connectivity index (χ0n) is 64.2. The second-order valence-electron chi connectivity index (χ2n) is 29.2. The first-order valence-electron chi connectivity index (χ1n) is 38.4. The first kappa shape index (κ1) is 87.7. The van der Waals surface area contributed by atoms with Gasteiger partial charge in [-0.25, -0.2) is 15.0 Å². The molecule has 0 spiro atoms. The van der Waals surface area contributed by atoms with E-state index >= 15 is 0 Å². The number of carbonyl (C=O) groups is 8. The third-order valence-electron chi connectivity index (χ3n) is 18.0. The van der Waals surface area contributed by atoms with Crippen molar-refractivity contribution in [1.82, 2.24) is 37.4 Å². The summed E-state index contributed by atoms with van der Waals surface area (Å²) >= 11 is 7.00. The lowest BCUT2D eigenvalue weighted by molar-refractivity contribution is -0.159. The van der Waals surface area contributed by atoms with Crippen LogP contribution < -0.4 is 37.4 Å². The van der Waals surface area contributed by atoms with Crippen LogP contribution in [0, 0.1) is 6.92 Å². The van der Waals surface area contributed by atoms with Crippen LogP contribution in [-0.4, -0.2) is 150 Å². The van der Waals surface area contributed by atoms with E-state index in [4.69, 9.17) is 44.8 Å². The van der Waals surface area contributed by atoms with Crippen molar-refractivity contribution in [3.63, 3.8) is 0 Å². The summed E-state index contributed by atoms with van der Waals surface area (Å²) in [6.45, 7) is 14.3. The van der Waals surface area contributed by atoms with Crippen LogP contribution in [0.2, 0.25) is 5.02 Å². The van der Waals surface area contributed by atoms with Crippen molar-refractivity contribution in [2.24, 2.45) is 0 Å². The minimum absolute atomic E-state index is 0.00817. The maximum absolute atomic E-state index is 14.6. The Balaban J connectivity index is 0.790. The highest BCUT2D eigenvalue weighted by Crippen LogP contribution is 2.45. The number of halogens is 1. The second kappa shape index (κ2) is 48.2. The largest absolute Gasteiger partial charge is 0.460 e. The van der Waals surface area contributed by atoms with Gasteiger partial charge in [0.1, 0.15) is 48.6 Å². The van der Waals surface area contributed by atoms with Gasteiger partial charge < -0.3 is 59.7 Å². The maximum atomic E-state index is 14.6. The Morgan fingerprint density at radius 1 is 0.439 bits per heavy atom. The number of unbranched alkanes of at least 4 members (excludes halogenated alkanes) is 14. The lowest BCUT2D eigenvalue weighted by Gasteiger charge is -2.38. The maximum Gasteiger partial charge on any atom is 0.407 e. The summed E-state index contributed by atoms with van der Waals surface area (Å²) in [5.74, 6) is -2.64. The highest BCUT2D eigenvalue weighted by atomic mass is 35.5. The Morgan fingerprint density at radius 3 is 1.49 bits per heavy atom. The minimum Gasteiger partial charge on any atom is -0.460 e. The van der Waals surface area contributed by atoms with Crippen molar-refractivity contribution in [3.8, 4) is 11.1 Å². The molecule has 0 saturated carbocycles. The minimum atomic E-state index is -1.18. The number of aryl methyl sites for hydroxylation is 1. The van der Waals surface area contributed by atoms with Gasteiger partial charge in [0, 0.05) is 55.4 Å². The number of fused-ring (bicyclic) bond motifs is 3. The first-order valence-corrected chi connectivity index (χ1v) is 38.8. The first-order chi connectivity index (χ1) is 51.5. The predicted molar refractivity (Wildman–Crippen MR) is 415 cm³/mol. The molecule has 5 aromatic rings. The Morgan fingerprint density at radius 2 is 0.925 bits per heavy atom. The van der Waals surface area contributed by atoms with Crippen LogP contribution >= 0.6 is 11.6 Å². The van der Waals surface area contributed by atoms with E-state index in [-0.39, 0.29) is 140 Å². The number of carbonyl (C=O) groups excluding carboxylic acids is 8.